The molecule has 0 spiro atoms. The van der Waals surface area contributed by atoms with Gasteiger partial charge in [0.05, 0.1) is 0 Å². The van der Waals surface area contributed by atoms with Crippen molar-refractivity contribution in [1.82, 2.24) is 16.0 Å². The SMILES string of the molecule is NCCCNCCCCNCCCNCc1ccc(OC2=CC(=O)c3cc4ccccc4cc3C2=O)cc1.O=C(O)C(F)(F)F. The highest BCUT2D eigenvalue weighted by atomic mass is 19.4. The Kier molecular flexibility index (Phi) is 14.2. The van der Waals surface area contributed by atoms with Gasteiger partial charge in [-0.15, -0.1) is 0 Å². The second kappa shape index (κ2) is 18.0. The first-order valence-electron chi connectivity index (χ1n) is 14.8. The fourth-order valence-electron chi connectivity index (χ4n) is 4.45. The van der Waals surface area contributed by atoms with E-state index in [1.165, 1.54) is 18.9 Å². The van der Waals surface area contributed by atoms with Crippen LogP contribution in [0.3, 0.4) is 0 Å². The summed E-state index contributed by atoms with van der Waals surface area (Å²) in [7, 11) is 0. The molecule has 1 aliphatic rings. The maximum Gasteiger partial charge on any atom is 0.490 e. The number of nitrogens with one attached hydrogen (secondary N) is 3. The summed E-state index contributed by atoms with van der Waals surface area (Å²) in [5.41, 5.74) is 7.42. The fourth-order valence-corrected chi connectivity index (χ4v) is 4.45. The monoisotopic (exact) mass is 628 g/mol. The lowest BCUT2D eigenvalue weighted by Gasteiger charge is -2.17. The number of carboxylic acid groups (broad SMARTS) is 1. The number of allylic oxidation sites excluding steroid dienone is 2. The normalized spacial score (nSPS) is 12.8. The molecule has 0 fully saturated rings. The predicted octanol–water partition coefficient (Wildman–Crippen LogP) is 4.60. The number of alkyl halides is 3. The van der Waals surface area contributed by atoms with Crippen molar-refractivity contribution in [3.05, 3.63) is 89.2 Å². The molecule has 0 saturated heterocycles. The highest BCUT2D eigenvalue weighted by Crippen LogP contribution is 2.28. The molecule has 0 atom stereocenters. The Bertz CT molecular complexity index is 1460. The molecule has 6 N–H and O–H groups in total. The van der Waals surface area contributed by atoms with Gasteiger partial charge in [-0.05, 0) is 106 Å². The number of carbonyl (C=O) groups is 3. The average Bonchev–Trinajstić information content (AvgIpc) is 3.02. The minimum absolute atomic E-state index is 0.0546. The zero-order valence-corrected chi connectivity index (χ0v) is 24.9. The molecular weight excluding hydrogens is 589 g/mol. The van der Waals surface area contributed by atoms with Gasteiger partial charge in [-0.1, -0.05) is 36.4 Å². The topological polar surface area (TPSA) is 143 Å². The van der Waals surface area contributed by atoms with Crippen molar-refractivity contribution in [3.63, 3.8) is 0 Å². The number of Topliss-reactive ketones (excluding diaryl/α,β-unsaturated/α-hetero) is 1. The van der Waals surface area contributed by atoms with Crippen LogP contribution in [-0.4, -0.2) is 68.1 Å². The molecule has 0 bridgehead atoms. The standard InChI is InChI=1S/C31H38N4O3.C2HF3O2/c32-13-5-16-33-14-3-4-15-34-17-6-18-35-22-23-9-11-26(12-10-23)38-30-21-29(36)27-19-24-7-1-2-8-25(24)20-28(27)31(30)37;3-2(4,5)1(6)7/h1-2,7-12,19-21,33-35H,3-6,13-18,22,32H2;(H,6,7). The molecule has 45 heavy (non-hydrogen) atoms. The molecule has 1 aliphatic carbocycles. The van der Waals surface area contributed by atoms with Crippen LogP contribution >= 0.6 is 0 Å². The van der Waals surface area contributed by atoms with Crippen LogP contribution in [0.15, 0.2) is 72.5 Å². The molecule has 0 unspecified atom stereocenters. The summed E-state index contributed by atoms with van der Waals surface area (Å²) in [5, 5.41) is 19.3. The van der Waals surface area contributed by atoms with E-state index < -0.39 is 12.1 Å². The second-order valence-electron chi connectivity index (χ2n) is 10.4. The Morgan fingerprint density at radius 1 is 0.778 bits per heavy atom. The van der Waals surface area contributed by atoms with Gasteiger partial charge in [0.1, 0.15) is 5.75 Å². The number of carboxylic acids is 1. The van der Waals surface area contributed by atoms with Gasteiger partial charge in [0.2, 0.25) is 5.78 Å². The van der Waals surface area contributed by atoms with E-state index in [1.54, 1.807) is 12.1 Å². The lowest BCUT2D eigenvalue weighted by atomic mass is 9.90. The smallest absolute Gasteiger partial charge is 0.475 e. The molecule has 0 heterocycles. The number of benzene rings is 3. The number of aliphatic carboxylic acids is 1. The number of unbranched alkanes of at least 4 members (excludes halogenated alkanes) is 1. The third-order valence-electron chi connectivity index (χ3n) is 6.83. The van der Waals surface area contributed by atoms with Crippen LogP contribution in [0.5, 0.6) is 5.75 Å². The molecule has 9 nitrogen and oxygen atoms in total. The summed E-state index contributed by atoms with van der Waals surface area (Å²) in [6.07, 6.45) is 0.678. The Hall–Kier alpha value is -4.10. The number of carbonyl (C=O) groups excluding carboxylic acids is 2. The maximum absolute atomic E-state index is 13.1. The number of rotatable bonds is 16. The zero-order chi connectivity index (χ0) is 32.7. The Labute approximate surface area is 260 Å². The minimum Gasteiger partial charge on any atom is -0.475 e. The van der Waals surface area contributed by atoms with Crippen LogP contribution in [0.4, 0.5) is 13.2 Å². The summed E-state index contributed by atoms with van der Waals surface area (Å²) >= 11 is 0. The largest absolute Gasteiger partial charge is 0.490 e. The quantitative estimate of drug-likeness (QED) is 0.144. The molecule has 0 aliphatic heterocycles. The van der Waals surface area contributed by atoms with E-state index in [0.29, 0.717) is 16.9 Å². The van der Waals surface area contributed by atoms with Gasteiger partial charge in [0.25, 0.3) is 0 Å². The number of ketones is 2. The first-order valence-corrected chi connectivity index (χ1v) is 14.8. The van der Waals surface area contributed by atoms with Crippen LogP contribution in [-0.2, 0) is 11.3 Å². The Morgan fingerprint density at radius 2 is 1.31 bits per heavy atom. The summed E-state index contributed by atoms with van der Waals surface area (Å²) in [5.74, 6) is -2.66. The molecular formula is C33H39F3N4O5. The number of fused-ring (bicyclic) bond motifs is 2. The Morgan fingerprint density at radius 3 is 1.89 bits per heavy atom. The summed E-state index contributed by atoms with van der Waals surface area (Å²) in [4.78, 5) is 34.7. The van der Waals surface area contributed by atoms with Gasteiger partial charge in [-0.3, -0.25) is 9.59 Å². The highest BCUT2D eigenvalue weighted by molar-refractivity contribution is 6.25. The van der Waals surface area contributed by atoms with E-state index >= 15 is 0 Å². The van der Waals surface area contributed by atoms with Gasteiger partial charge in [0, 0.05) is 23.7 Å². The predicted molar refractivity (Wildman–Crippen MR) is 166 cm³/mol. The van der Waals surface area contributed by atoms with E-state index in [2.05, 4.69) is 16.0 Å². The van der Waals surface area contributed by atoms with Crippen molar-refractivity contribution in [3.8, 4) is 5.75 Å². The number of hydrogen-bond donors (Lipinski definition) is 5. The van der Waals surface area contributed by atoms with E-state index in [-0.39, 0.29) is 17.3 Å². The lowest BCUT2D eigenvalue weighted by Crippen LogP contribution is -2.24. The van der Waals surface area contributed by atoms with Gasteiger partial charge >= 0.3 is 12.1 Å². The van der Waals surface area contributed by atoms with Gasteiger partial charge in [0.15, 0.2) is 11.5 Å². The third-order valence-corrected chi connectivity index (χ3v) is 6.83. The van der Waals surface area contributed by atoms with E-state index in [1.807, 2.05) is 48.5 Å². The van der Waals surface area contributed by atoms with Crippen molar-refractivity contribution >= 4 is 28.3 Å². The fraction of sp³-hybridized carbons (Fsp3) is 0.364. The Balaban J connectivity index is 0.000000707. The molecule has 3 aromatic carbocycles. The summed E-state index contributed by atoms with van der Waals surface area (Å²) in [6, 6.07) is 18.9. The van der Waals surface area contributed by atoms with Crippen molar-refractivity contribution in [2.75, 3.05) is 39.3 Å². The molecule has 12 heteroatoms. The first kappa shape index (κ1) is 35.4. The summed E-state index contributed by atoms with van der Waals surface area (Å²) < 4.78 is 37.6. The van der Waals surface area contributed by atoms with Crippen molar-refractivity contribution < 1.29 is 37.4 Å². The molecule has 0 amide bonds. The number of nitrogens with two attached hydrogens (primary N) is 1. The van der Waals surface area contributed by atoms with E-state index in [4.69, 9.17) is 20.4 Å². The van der Waals surface area contributed by atoms with Gasteiger partial charge in [-0.25, -0.2) is 4.79 Å². The first-order chi connectivity index (χ1) is 21.6. The molecule has 242 valence electrons. The van der Waals surface area contributed by atoms with Crippen LogP contribution in [0.2, 0.25) is 0 Å². The average molecular weight is 629 g/mol. The number of ether oxygens (including phenoxy) is 1. The lowest BCUT2D eigenvalue weighted by molar-refractivity contribution is -0.192. The number of hydrogen-bond acceptors (Lipinski definition) is 8. The molecule has 4 rings (SSSR count). The zero-order valence-electron chi connectivity index (χ0n) is 24.9. The molecule has 3 aromatic rings. The van der Waals surface area contributed by atoms with E-state index in [0.717, 1.165) is 75.0 Å². The van der Waals surface area contributed by atoms with Crippen molar-refractivity contribution in [2.45, 2.75) is 38.4 Å². The maximum atomic E-state index is 13.1. The summed E-state index contributed by atoms with van der Waals surface area (Å²) in [6.45, 7) is 6.56. The van der Waals surface area contributed by atoms with Crippen LogP contribution < -0.4 is 26.4 Å². The van der Waals surface area contributed by atoms with Crippen molar-refractivity contribution in [1.29, 1.82) is 0 Å². The molecule has 0 saturated carbocycles. The van der Waals surface area contributed by atoms with Crippen LogP contribution in [0, 0.1) is 0 Å². The highest BCUT2D eigenvalue weighted by Gasteiger charge is 2.38. The van der Waals surface area contributed by atoms with E-state index in [9.17, 15) is 22.8 Å². The minimum atomic E-state index is -5.08. The molecule has 0 radical (unpaired) electrons. The molecule has 0 aromatic heterocycles. The number of halogens is 3. The van der Waals surface area contributed by atoms with Crippen LogP contribution in [0.25, 0.3) is 10.8 Å². The van der Waals surface area contributed by atoms with Crippen LogP contribution in [0.1, 0.15) is 52.0 Å². The second-order valence-corrected chi connectivity index (χ2v) is 10.4. The van der Waals surface area contributed by atoms with Gasteiger partial charge < -0.3 is 31.5 Å². The van der Waals surface area contributed by atoms with Gasteiger partial charge in [-0.2, -0.15) is 13.2 Å². The van der Waals surface area contributed by atoms with Crippen molar-refractivity contribution in [2.24, 2.45) is 5.73 Å². The third kappa shape index (κ3) is 11.7.